The molecule has 22 heavy (non-hydrogen) atoms. The first-order valence-electron chi connectivity index (χ1n) is 6.92. The first-order chi connectivity index (χ1) is 10.7. The third-order valence-electron chi connectivity index (χ3n) is 4.10. The van der Waals surface area contributed by atoms with Crippen molar-refractivity contribution in [2.24, 2.45) is 0 Å². The van der Waals surface area contributed by atoms with Gasteiger partial charge in [-0.2, -0.15) is 0 Å². The summed E-state index contributed by atoms with van der Waals surface area (Å²) >= 11 is 0. The van der Waals surface area contributed by atoms with Gasteiger partial charge in [0, 0.05) is 17.1 Å². The zero-order chi connectivity index (χ0) is 14.8. The molecule has 0 saturated heterocycles. The monoisotopic (exact) mass is 294 g/mol. The largest absolute Gasteiger partial charge is 0.761 e. The summed E-state index contributed by atoms with van der Waals surface area (Å²) in [4.78, 5) is 5.76. The molecule has 2 N–H and O–H groups in total. The molecule has 8 heteroatoms. The normalized spacial score (nSPS) is 12.8. The van der Waals surface area contributed by atoms with Crippen LogP contribution in [-0.2, 0) is 6.54 Å². The standard InChI is InChI=1S/C14H11BN4O3/c20-15(21)22-18-8-17-7-9-3-1-4-10-11-5-2-6-16-13(11)19(18)14(17)12(9)10/h1-6,8,20-21H,7H2/q+2. The molecule has 0 atom stereocenters. The van der Waals surface area contributed by atoms with Gasteiger partial charge in [0.1, 0.15) is 11.9 Å². The lowest BCUT2D eigenvalue weighted by Crippen LogP contribution is -2.43. The molecule has 3 aromatic heterocycles. The maximum Gasteiger partial charge on any atom is 0.761 e. The Morgan fingerprint density at radius 1 is 1.18 bits per heavy atom. The fraction of sp³-hybridized carbons (Fsp3) is 0.0714. The average Bonchev–Trinajstić information content (AvgIpc) is 3.02. The molecule has 0 fully saturated rings. The van der Waals surface area contributed by atoms with E-state index in [4.69, 9.17) is 14.8 Å². The van der Waals surface area contributed by atoms with Crippen LogP contribution in [0.4, 0.5) is 0 Å². The molecule has 0 amide bonds. The summed E-state index contributed by atoms with van der Waals surface area (Å²) in [5.41, 5.74) is 2.85. The zero-order valence-electron chi connectivity index (χ0n) is 11.4. The maximum atomic E-state index is 9.14. The molecule has 4 aromatic rings. The van der Waals surface area contributed by atoms with Crippen LogP contribution in [0.2, 0.25) is 0 Å². The second kappa shape index (κ2) is 3.93. The minimum absolute atomic E-state index is 0.698. The number of aromatic nitrogens is 4. The van der Waals surface area contributed by atoms with E-state index in [0.29, 0.717) is 12.2 Å². The minimum Gasteiger partial charge on any atom is -0.387 e. The Morgan fingerprint density at radius 2 is 2.05 bits per heavy atom. The van der Waals surface area contributed by atoms with Crippen LogP contribution in [0.1, 0.15) is 5.56 Å². The minimum atomic E-state index is -1.90. The summed E-state index contributed by atoms with van der Waals surface area (Å²) in [6.45, 7) is 0.713. The number of fused-ring (bicyclic) bond motifs is 3. The fourth-order valence-electron chi connectivity index (χ4n) is 3.35. The van der Waals surface area contributed by atoms with Crippen LogP contribution in [-0.4, -0.2) is 27.2 Å². The Morgan fingerprint density at radius 3 is 2.91 bits per heavy atom. The summed E-state index contributed by atoms with van der Waals surface area (Å²) in [6.07, 6.45) is 3.40. The topological polar surface area (TPSA) is 75.5 Å². The number of nitrogens with zero attached hydrogens (tertiary/aromatic N) is 4. The van der Waals surface area contributed by atoms with Gasteiger partial charge < -0.3 is 10.0 Å². The number of benzene rings is 1. The number of hydrogen-bond acceptors (Lipinski definition) is 4. The van der Waals surface area contributed by atoms with E-state index in [-0.39, 0.29) is 0 Å². The van der Waals surface area contributed by atoms with Crippen LogP contribution < -0.4 is 13.8 Å². The highest BCUT2D eigenvalue weighted by Crippen LogP contribution is 2.29. The van der Waals surface area contributed by atoms with Gasteiger partial charge in [-0.05, 0) is 12.1 Å². The predicted octanol–water partition coefficient (Wildman–Crippen LogP) is -1.02. The van der Waals surface area contributed by atoms with E-state index in [1.54, 1.807) is 17.0 Å². The SMILES string of the molecule is OB(O)On1c[n+]2c3c4c(cccc4c4cccnc4[n+]31)C2. The van der Waals surface area contributed by atoms with Gasteiger partial charge in [-0.3, -0.25) is 4.76 Å². The molecule has 106 valence electrons. The van der Waals surface area contributed by atoms with E-state index in [2.05, 4.69) is 23.2 Å². The predicted molar refractivity (Wildman–Crippen MR) is 76.5 cm³/mol. The van der Waals surface area contributed by atoms with Gasteiger partial charge in [0.2, 0.25) is 0 Å². The third-order valence-corrected chi connectivity index (χ3v) is 4.10. The van der Waals surface area contributed by atoms with Crippen molar-refractivity contribution in [1.82, 2.24) is 9.83 Å². The van der Waals surface area contributed by atoms with E-state index in [1.807, 2.05) is 16.7 Å². The Balaban J connectivity index is 2.07. The Labute approximate surface area is 124 Å². The lowest BCUT2D eigenvalue weighted by molar-refractivity contribution is -0.697. The van der Waals surface area contributed by atoms with Crippen LogP contribution in [0, 0.1) is 0 Å². The van der Waals surface area contributed by atoms with Gasteiger partial charge in [0.15, 0.2) is 4.85 Å². The van der Waals surface area contributed by atoms with Crippen molar-refractivity contribution in [3.8, 4) is 0 Å². The van der Waals surface area contributed by atoms with Gasteiger partial charge >= 0.3 is 24.9 Å². The Hall–Kier alpha value is -2.71. The second-order valence-electron chi connectivity index (χ2n) is 5.33. The van der Waals surface area contributed by atoms with E-state index >= 15 is 0 Å². The second-order valence-corrected chi connectivity index (χ2v) is 5.33. The molecule has 0 bridgehead atoms. The smallest absolute Gasteiger partial charge is 0.387 e. The van der Waals surface area contributed by atoms with Gasteiger partial charge in [-0.25, -0.2) is 4.98 Å². The van der Waals surface area contributed by atoms with Crippen molar-refractivity contribution in [3.63, 3.8) is 0 Å². The van der Waals surface area contributed by atoms with E-state index < -0.39 is 7.32 Å². The lowest BCUT2D eigenvalue weighted by Gasteiger charge is -2.00. The van der Waals surface area contributed by atoms with Crippen LogP contribution in [0.15, 0.2) is 42.9 Å². The van der Waals surface area contributed by atoms with Crippen LogP contribution in [0.5, 0.6) is 0 Å². The highest BCUT2D eigenvalue weighted by atomic mass is 16.7. The lowest BCUT2D eigenvalue weighted by atomic mass is 10.0. The molecule has 1 aromatic carbocycles. The van der Waals surface area contributed by atoms with E-state index in [1.165, 1.54) is 10.4 Å². The van der Waals surface area contributed by atoms with Crippen molar-refractivity contribution in [2.45, 2.75) is 6.54 Å². The van der Waals surface area contributed by atoms with Crippen LogP contribution in [0.3, 0.4) is 0 Å². The number of pyridine rings is 2. The number of rotatable bonds is 2. The molecular weight excluding hydrogens is 283 g/mol. The quantitative estimate of drug-likeness (QED) is 0.248. The van der Waals surface area contributed by atoms with Crippen molar-refractivity contribution < 1.29 is 23.9 Å². The van der Waals surface area contributed by atoms with Gasteiger partial charge in [0.05, 0.1) is 9.90 Å². The molecule has 1 aliphatic heterocycles. The molecule has 0 unspecified atom stereocenters. The average molecular weight is 294 g/mol. The first-order valence-corrected chi connectivity index (χ1v) is 6.92. The molecule has 4 heterocycles. The summed E-state index contributed by atoms with van der Waals surface area (Å²) in [5, 5.41) is 21.5. The fourth-order valence-corrected chi connectivity index (χ4v) is 3.35. The summed E-state index contributed by atoms with van der Waals surface area (Å²) in [7, 11) is -1.90. The molecule has 0 spiro atoms. The van der Waals surface area contributed by atoms with Crippen molar-refractivity contribution >= 4 is 34.8 Å². The first kappa shape index (κ1) is 11.9. The van der Waals surface area contributed by atoms with Crippen molar-refractivity contribution in [2.75, 3.05) is 0 Å². The van der Waals surface area contributed by atoms with E-state index in [9.17, 15) is 0 Å². The van der Waals surface area contributed by atoms with Crippen molar-refractivity contribution in [1.29, 1.82) is 0 Å². The van der Waals surface area contributed by atoms with E-state index in [0.717, 1.165) is 21.8 Å². The summed E-state index contributed by atoms with van der Waals surface area (Å²) in [6, 6.07) is 10.1. The molecule has 0 aliphatic carbocycles. The zero-order valence-corrected chi connectivity index (χ0v) is 11.4. The Kier molecular flexibility index (Phi) is 2.13. The highest BCUT2D eigenvalue weighted by Gasteiger charge is 2.39. The van der Waals surface area contributed by atoms with Gasteiger partial charge in [-0.15, -0.1) is 4.57 Å². The molecule has 0 saturated carbocycles. The molecule has 5 rings (SSSR count). The Bertz CT molecular complexity index is 1080. The van der Waals surface area contributed by atoms with Crippen molar-refractivity contribution in [3.05, 3.63) is 48.4 Å². The third kappa shape index (κ3) is 1.35. The number of hydrogen-bond donors (Lipinski definition) is 2. The summed E-state index contributed by atoms with van der Waals surface area (Å²) < 4.78 is 8.83. The molecule has 0 radical (unpaired) electrons. The molecular formula is C14H11BN4O3+2. The van der Waals surface area contributed by atoms with Gasteiger partial charge in [0.25, 0.3) is 0 Å². The highest BCUT2D eigenvalue weighted by molar-refractivity contribution is 6.32. The molecule has 1 aliphatic rings. The summed E-state index contributed by atoms with van der Waals surface area (Å²) in [5.74, 6) is 0. The van der Waals surface area contributed by atoms with Gasteiger partial charge in [-0.1, -0.05) is 18.2 Å². The molecule has 7 nitrogen and oxygen atoms in total. The maximum absolute atomic E-state index is 9.14. The van der Waals surface area contributed by atoms with Crippen LogP contribution >= 0.6 is 0 Å². The van der Waals surface area contributed by atoms with Crippen LogP contribution in [0.25, 0.3) is 27.5 Å².